The summed E-state index contributed by atoms with van der Waals surface area (Å²) in [6.07, 6.45) is 3.36. The number of amides is 1. The van der Waals surface area contributed by atoms with Crippen LogP contribution in [0.25, 0.3) is 0 Å². The summed E-state index contributed by atoms with van der Waals surface area (Å²) in [5.41, 5.74) is 1.14. The first kappa shape index (κ1) is 15.9. The Balaban J connectivity index is 1.62. The highest BCUT2D eigenvalue weighted by atomic mass is 16.5. The van der Waals surface area contributed by atoms with E-state index in [-0.39, 0.29) is 17.9 Å². The fourth-order valence-electron chi connectivity index (χ4n) is 4.61. The second-order valence-corrected chi connectivity index (χ2v) is 8.16. The van der Waals surface area contributed by atoms with Crippen molar-refractivity contribution in [3.8, 4) is 11.8 Å². The van der Waals surface area contributed by atoms with Crippen molar-refractivity contribution in [3.05, 3.63) is 29.8 Å². The zero-order chi connectivity index (χ0) is 16.7. The predicted octanol–water partition coefficient (Wildman–Crippen LogP) is 3.36. The molecule has 1 aliphatic carbocycles. The van der Waals surface area contributed by atoms with Crippen LogP contribution in [0.2, 0.25) is 0 Å². The maximum Gasteiger partial charge on any atom is 0.260 e. The number of rotatable bonds is 3. The molecule has 1 aliphatic heterocycles. The van der Waals surface area contributed by atoms with E-state index < -0.39 is 0 Å². The van der Waals surface area contributed by atoms with Gasteiger partial charge in [0, 0.05) is 12.6 Å². The molecule has 1 amide bonds. The molecule has 1 saturated heterocycles. The van der Waals surface area contributed by atoms with Crippen LogP contribution in [-0.2, 0) is 4.79 Å². The van der Waals surface area contributed by atoms with Crippen molar-refractivity contribution < 1.29 is 9.53 Å². The van der Waals surface area contributed by atoms with Crippen molar-refractivity contribution in [2.75, 3.05) is 13.2 Å². The van der Waals surface area contributed by atoms with Gasteiger partial charge in [0.2, 0.25) is 0 Å². The number of benzene rings is 1. The Morgan fingerprint density at radius 2 is 2.00 bits per heavy atom. The van der Waals surface area contributed by atoms with Gasteiger partial charge in [0.1, 0.15) is 5.75 Å². The van der Waals surface area contributed by atoms with Crippen molar-refractivity contribution in [2.24, 2.45) is 10.8 Å². The number of ether oxygens (including phenoxy) is 1. The van der Waals surface area contributed by atoms with E-state index in [0.29, 0.717) is 22.8 Å². The Morgan fingerprint density at radius 1 is 1.30 bits per heavy atom. The number of nitriles is 1. The molecule has 23 heavy (non-hydrogen) atoms. The molecule has 1 aromatic carbocycles. The molecule has 2 bridgehead atoms. The van der Waals surface area contributed by atoms with Crippen LogP contribution in [0.15, 0.2) is 24.3 Å². The van der Waals surface area contributed by atoms with Gasteiger partial charge in [-0.2, -0.15) is 5.26 Å². The third-order valence-corrected chi connectivity index (χ3v) is 5.08. The summed E-state index contributed by atoms with van der Waals surface area (Å²) in [4.78, 5) is 14.6. The zero-order valence-corrected chi connectivity index (χ0v) is 14.1. The summed E-state index contributed by atoms with van der Waals surface area (Å²) in [6.45, 7) is 7.82. The number of hydrogen-bond donors (Lipinski definition) is 0. The molecule has 1 heterocycles. The normalized spacial score (nSPS) is 28.3. The molecule has 2 fully saturated rings. The molecule has 122 valence electrons. The molecular weight excluding hydrogens is 288 g/mol. The minimum absolute atomic E-state index is 0.0684. The number of likely N-dealkylation sites (tertiary alicyclic amines) is 1. The van der Waals surface area contributed by atoms with Crippen LogP contribution in [0.1, 0.15) is 45.6 Å². The van der Waals surface area contributed by atoms with E-state index in [2.05, 4.69) is 26.8 Å². The Kier molecular flexibility index (Phi) is 3.83. The lowest BCUT2D eigenvalue weighted by Crippen LogP contribution is -2.40. The van der Waals surface area contributed by atoms with Crippen LogP contribution < -0.4 is 4.74 Å². The third-order valence-electron chi connectivity index (χ3n) is 5.08. The lowest BCUT2D eigenvalue weighted by Gasteiger charge is -2.39. The van der Waals surface area contributed by atoms with Gasteiger partial charge >= 0.3 is 0 Å². The summed E-state index contributed by atoms with van der Waals surface area (Å²) in [5.74, 6) is 0.701. The molecule has 0 spiro atoms. The molecular formula is C19H24N2O2. The van der Waals surface area contributed by atoms with Crippen molar-refractivity contribution in [1.82, 2.24) is 4.90 Å². The van der Waals surface area contributed by atoms with E-state index in [1.165, 1.54) is 6.42 Å². The first-order valence-corrected chi connectivity index (χ1v) is 8.23. The van der Waals surface area contributed by atoms with E-state index in [1.807, 2.05) is 4.90 Å². The number of carbonyl (C=O) groups excluding carboxylic acids is 1. The summed E-state index contributed by atoms with van der Waals surface area (Å²) in [6, 6.07) is 9.29. The van der Waals surface area contributed by atoms with Crippen LogP contribution in [-0.4, -0.2) is 30.0 Å². The van der Waals surface area contributed by atoms with Gasteiger partial charge in [0.05, 0.1) is 11.6 Å². The average molecular weight is 312 g/mol. The highest BCUT2D eigenvalue weighted by Crippen LogP contribution is 2.52. The average Bonchev–Trinajstić information content (AvgIpc) is 2.74. The summed E-state index contributed by atoms with van der Waals surface area (Å²) < 4.78 is 5.61. The van der Waals surface area contributed by atoms with Crippen LogP contribution in [0.4, 0.5) is 0 Å². The summed E-state index contributed by atoms with van der Waals surface area (Å²) in [5, 5.41) is 8.79. The molecule has 4 nitrogen and oxygen atoms in total. The first-order valence-electron chi connectivity index (χ1n) is 8.23. The van der Waals surface area contributed by atoms with Gasteiger partial charge in [-0.1, -0.05) is 20.8 Å². The molecule has 0 aromatic heterocycles. The fourth-order valence-corrected chi connectivity index (χ4v) is 4.61. The van der Waals surface area contributed by atoms with Crippen LogP contribution in [0, 0.1) is 22.2 Å². The standard InChI is InChI=1S/C19H24N2O2/c1-18(2)8-15-9-19(3,12-18)13-21(15)17(22)11-23-16-6-4-14(10-20)5-7-16/h4-7,15H,8-9,11-13H2,1-3H3/t15-,19-/m1/s1. The molecule has 1 saturated carbocycles. The second-order valence-electron chi connectivity index (χ2n) is 8.16. The lowest BCUT2D eigenvalue weighted by atomic mass is 9.65. The largest absolute Gasteiger partial charge is 0.484 e. The van der Waals surface area contributed by atoms with Gasteiger partial charge in [-0.3, -0.25) is 4.79 Å². The number of carbonyl (C=O) groups is 1. The highest BCUT2D eigenvalue weighted by molar-refractivity contribution is 5.78. The van der Waals surface area contributed by atoms with Crippen LogP contribution in [0.3, 0.4) is 0 Å². The minimum atomic E-state index is 0.0684. The Bertz CT molecular complexity index is 644. The van der Waals surface area contributed by atoms with E-state index in [4.69, 9.17) is 10.00 Å². The molecule has 0 unspecified atom stereocenters. The highest BCUT2D eigenvalue weighted by Gasteiger charge is 2.50. The van der Waals surface area contributed by atoms with Gasteiger partial charge in [-0.15, -0.1) is 0 Å². The molecule has 3 rings (SSSR count). The van der Waals surface area contributed by atoms with Gasteiger partial charge in [0.15, 0.2) is 6.61 Å². The maximum atomic E-state index is 12.6. The number of fused-ring (bicyclic) bond motifs is 2. The number of nitrogens with zero attached hydrogens (tertiary/aromatic N) is 2. The maximum absolute atomic E-state index is 12.6. The Labute approximate surface area is 138 Å². The quantitative estimate of drug-likeness (QED) is 0.860. The first-order chi connectivity index (χ1) is 10.8. The molecule has 2 atom stereocenters. The fraction of sp³-hybridized carbons (Fsp3) is 0.579. The Hall–Kier alpha value is -2.02. The third kappa shape index (κ3) is 3.34. The zero-order valence-electron chi connectivity index (χ0n) is 14.1. The van der Waals surface area contributed by atoms with Crippen molar-refractivity contribution in [3.63, 3.8) is 0 Å². The van der Waals surface area contributed by atoms with Gasteiger partial charge < -0.3 is 9.64 Å². The summed E-state index contributed by atoms with van der Waals surface area (Å²) >= 11 is 0. The second kappa shape index (κ2) is 5.56. The molecule has 0 radical (unpaired) electrons. The van der Waals surface area contributed by atoms with Crippen molar-refractivity contribution >= 4 is 5.91 Å². The molecule has 1 aromatic rings. The van der Waals surface area contributed by atoms with Gasteiger partial charge in [-0.05, 0) is 54.4 Å². The van der Waals surface area contributed by atoms with Crippen molar-refractivity contribution in [2.45, 2.75) is 46.1 Å². The molecule has 0 N–H and O–H groups in total. The molecule has 2 aliphatic rings. The lowest BCUT2D eigenvalue weighted by molar-refractivity contribution is -0.134. The molecule has 4 heteroatoms. The van der Waals surface area contributed by atoms with E-state index in [0.717, 1.165) is 19.4 Å². The summed E-state index contributed by atoms with van der Waals surface area (Å²) in [7, 11) is 0. The van der Waals surface area contributed by atoms with E-state index >= 15 is 0 Å². The SMILES string of the molecule is CC1(C)C[C@@H]2C[C@@](C)(CN2C(=O)COc2ccc(C#N)cc2)C1. The van der Waals surface area contributed by atoms with Gasteiger partial charge in [0.25, 0.3) is 5.91 Å². The Morgan fingerprint density at radius 3 is 2.65 bits per heavy atom. The van der Waals surface area contributed by atoms with E-state index in [9.17, 15) is 4.79 Å². The topological polar surface area (TPSA) is 53.3 Å². The van der Waals surface area contributed by atoms with Gasteiger partial charge in [-0.25, -0.2) is 0 Å². The van der Waals surface area contributed by atoms with Crippen LogP contribution >= 0.6 is 0 Å². The monoisotopic (exact) mass is 312 g/mol. The minimum Gasteiger partial charge on any atom is -0.484 e. The van der Waals surface area contributed by atoms with E-state index in [1.54, 1.807) is 24.3 Å². The van der Waals surface area contributed by atoms with Crippen LogP contribution in [0.5, 0.6) is 5.75 Å². The smallest absolute Gasteiger partial charge is 0.260 e. The predicted molar refractivity (Wildman–Crippen MR) is 87.9 cm³/mol. The number of hydrogen-bond acceptors (Lipinski definition) is 3. The van der Waals surface area contributed by atoms with Crippen molar-refractivity contribution in [1.29, 1.82) is 5.26 Å².